The molecule has 0 aliphatic carbocycles. The van der Waals surface area contributed by atoms with E-state index in [0.717, 1.165) is 0 Å². The van der Waals surface area contributed by atoms with Crippen LogP contribution in [0.3, 0.4) is 0 Å². The van der Waals surface area contributed by atoms with Crippen LogP contribution in [0, 0.1) is 20.8 Å². The predicted octanol–water partition coefficient (Wildman–Crippen LogP) is 6.98. The van der Waals surface area contributed by atoms with Crippen LogP contribution in [-0.2, 0) is 0 Å². The zero-order valence-corrected chi connectivity index (χ0v) is 14.9. The molecule has 0 heterocycles. The summed E-state index contributed by atoms with van der Waals surface area (Å²) in [5.74, 6) is 0. The van der Waals surface area contributed by atoms with Gasteiger partial charge in [-0.15, -0.1) is 0 Å². The predicted molar refractivity (Wildman–Crippen MR) is 106 cm³/mol. The first-order valence-corrected chi connectivity index (χ1v) is 8.51. The molecular formula is C24H24. The topological polar surface area (TPSA) is 0 Å². The molecule has 3 aromatic rings. The van der Waals surface area contributed by atoms with Crippen molar-refractivity contribution in [1.29, 1.82) is 0 Å². The fourth-order valence-electron chi connectivity index (χ4n) is 3.32. The Hall–Kier alpha value is -2.60. The summed E-state index contributed by atoms with van der Waals surface area (Å²) < 4.78 is 0. The molecule has 0 saturated heterocycles. The van der Waals surface area contributed by atoms with Gasteiger partial charge in [-0.1, -0.05) is 66.7 Å². The standard InChI is InChI=1S/C24H24/c1-5-10-20-16-23(21-13-8-6-11-17(21)2)19(4)15-24(20)22-14-9-7-12-18(22)3/h5-16H,1-4H3/b10-5+. The van der Waals surface area contributed by atoms with E-state index in [1.165, 1.54) is 44.5 Å². The molecule has 0 atom stereocenters. The number of hydrogen-bond donors (Lipinski definition) is 0. The summed E-state index contributed by atoms with van der Waals surface area (Å²) in [7, 11) is 0. The Bertz CT molecular complexity index is 898. The van der Waals surface area contributed by atoms with Gasteiger partial charge in [-0.3, -0.25) is 0 Å². The van der Waals surface area contributed by atoms with Gasteiger partial charge >= 0.3 is 0 Å². The first-order valence-electron chi connectivity index (χ1n) is 8.51. The molecule has 0 aliphatic heterocycles. The smallest absolute Gasteiger partial charge is 0.0106 e. The molecule has 0 aliphatic rings. The molecule has 0 spiro atoms. The van der Waals surface area contributed by atoms with Gasteiger partial charge in [-0.2, -0.15) is 0 Å². The van der Waals surface area contributed by atoms with Crippen LogP contribution in [0.1, 0.15) is 29.2 Å². The molecule has 0 radical (unpaired) electrons. The average molecular weight is 312 g/mol. The molecule has 0 N–H and O–H groups in total. The van der Waals surface area contributed by atoms with Crippen LogP contribution in [-0.4, -0.2) is 0 Å². The van der Waals surface area contributed by atoms with Gasteiger partial charge < -0.3 is 0 Å². The van der Waals surface area contributed by atoms with Crippen LogP contribution < -0.4 is 0 Å². The molecule has 0 saturated carbocycles. The van der Waals surface area contributed by atoms with Crippen LogP contribution in [0.25, 0.3) is 28.3 Å². The minimum Gasteiger partial charge on any atom is -0.0870 e. The highest BCUT2D eigenvalue weighted by atomic mass is 14.2. The Kier molecular flexibility index (Phi) is 4.66. The van der Waals surface area contributed by atoms with Crippen LogP contribution in [0.5, 0.6) is 0 Å². The van der Waals surface area contributed by atoms with Gasteiger partial charge in [0.15, 0.2) is 0 Å². The van der Waals surface area contributed by atoms with E-state index in [9.17, 15) is 0 Å². The fourth-order valence-corrected chi connectivity index (χ4v) is 3.32. The van der Waals surface area contributed by atoms with Crippen molar-refractivity contribution in [3.05, 3.63) is 89.0 Å². The zero-order chi connectivity index (χ0) is 17.1. The van der Waals surface area contributed by atoms with Gasteiger partial charge in [0.1, 0.15) is 0 Å². The molecule has 0 bridgehead atoms. The molecule has 24 heavy (non-hydrogen) atoms. The molecular weight excluding hydrogens is 288 g/mol. The third kappa shape index (κ3) is 3.05. The van der Waals surface area contributed by atoms with E-state index in [4.69, 9.17) is 0 Å². The number of aryl methyl sites for hydroxylation is 3. The second-order valence-corrected chi connectivity index (χ2v) is 6.38. The van der Waals surface area contributed by atoms with Crippen molar-refractivity contribution < 1.29 is 0 Å². The summed E-state index contributed by atoms with van der Waals surface area (Å²) >= 11 is 0. The van der Waals surface area contributed by atoms with E-state index in [1.807, 2.05) is 0 Å². The molecule has 0 fully saturated rings. The van der Waals surface area contributed by atoms with Crippen LogP contribution in [0.4, 0.5) is 0 Å². The number of hydrogen-bond acceptors (Lipinski definition) is 0. The molecule has 0 aromatic heterocycles. The Morgan fingerprint density at radius 2 is 1.12 bits per heavy atom. The maximum atomic E-state index is 2.33. The minimum absolute atomic E-state index is 1.27. The number of rotatable bonds is 3. The van der Waals surface area contributed by atoms with Gasteiger partial charge in [0, 0.05) is 0 Å². The summed E-state index contributed by atoms with van der Waals surface area (Å²) in [6.07, 6.45) is 4.33. The first kappa shape index (κ1) is 16.3. The zero-order valence-electron chi connectivity index (χ0n) is 14.9. The quantitative estimate of drug-likeness (QED) is 0.489. The largest absolute Gasteiger partial charge is 0.0870 e. The Morgan fingerprint density at radius 3 is 1.67 bits per heavy atom. The van der Waals surface area contributed by atoms with Crippen molar-refractivity contribution in [3.8, 4) is 22.3 Å². The summed E-state index contributed by atoms with van der Waals surface area (Å²) in [6.45, 7) is 8.65. The van der Waals surface area contributed by atoms with Crippen molar-refractivity contribution in [3.63, 3.8) is 0 Å². The van der Waals surface area contributed by atoms with Crippen molar-refractivity contribution in [2.24, 2.45) is 0 Å². The summed E-state index contributed by atoms with van der Waals surface area (Å²) in [5, 5.41) is 0. The van der Waals surface area contributed by atoms with E-state index >= 15 is 0 Å². The Balaban J connectivity index is 2.26. The summed E-state index contributed by atoms with van der Waals surface area (Å²) in [6, 6.07) is 21.9. The highest BCUT2D eigenvalue weighted by Crippen LogP contribution is 2.35. The highest BCUT2D eigenvalue weighted by Gasteiger charge is 2.11. The molecule has 0 unspecified atom stereocenters. The van der Waals surface area contributed by atoms with Gasteiger partial charge in [0.25, 0.3) is 0 Å². The maximum Gasteiger partial charge on any atom is -0.0106 e. The van der Waals surface area contributed by atoms with Crippen molar-refractivity contribution in [2.45, 2.75) is 27.7 Å². The van der Waals surface area contributed by atoms with E-state index in [2.05, 4.69) is 101 Å². The highest BCUT2D eigenvalue weighted by molar-refractivity contribution is 5.83. The monoisotopic (exact) mass is 312 g/mol. The van der Waals surface area contributed by atoms with Crippen LogP contribution in [0.15, 0.2) is 66.7 Å². The lowest BCUT2D eigenvalue weighted by atomic mass is 9.88. The van der Waals surface area contributed by atoms with Crippen LogP contribution in [0.2, 0.25) is 0 Å². The number of allylic oxidation sites excluding steroid dienone is 1. The normalized spacial score (nSPS) is 11.2. The molecule has 3 aromatic carbocycles. The molecule has 0 nitrogen and oxygen atoms in total. The minimum atomic E-state index is 1.27. The maximum absolute atomic E-state index is 2.33. The third-order valence-corrected chi connectivity index (χ3v) is 4.61. The lowest BCUT2D eigenvalue weighted by molar-refractivity contribution is 1.39. The van der Waals surface area contributed by atoms with Gasteiger partial charge in [-0.05, 0) is 78.3 Å². The lowest BCUT2D eigenvalue weighted by Gasteiger charge is -2.16. The Morgan fingerprint density at radius 1 is 0.583 bits per heavy atom. The molecule has 3 rings (SSSR count). The second kappa shape index (κ2) is 6.88. The SMILES string of the molecule is C/C=C/c1cc(-c2ccccc2C)c(C)cc1-c1ccccc1C. The molecule has 120 valence electrons. The van der Waals surface area contributed by atoms with Crippen molar-refractivity contribution in [1.82, 2.24) is 0 Å². The van der Waals surface area contributed by atoms with Gasteiger partial charge in [0.05, 0.1) is 0 Å². The van der Waals surface area contributed by atoms with Crippen LogP contribution >= 0.6 is 0 Å². The van der Waals surface area contributed by atoms with Crippen molar-refractivity contribution >= 4 is 6.08 Å². The van der Waals surface area contributed by atoms with Gasteiger partial charge in [-0.25, -0.2) is 0 Å². The number of benzene rings is 3. The first-order chi connectivity index (χ1) is 11.6. The molecule has 0 amide bonds. The summed E-state index contributed by atoms with van der Waals surface area (Å²) in [5.41, 5.74) is 10.5. The lowest BCUT2D eigenvalue weighted by Crippen LogP contribution is -1.93. The van der Waals surface area contributed by atoms with E-state index in [1.54, 1.807) is 0 Å². The van der Waals surface area contributed by atoms with Gasteiger partial charge in [0.2, 0.25) is 0 Å². The van der Waals surface area contributed by atoms with E-state index in [-0.39, 0.29) is 0 Å². The molecule has 0 heteroatoms. The summed E-state index contributed by atoms with van der Waals surface area (Å²) in [4.78, 5) is 0. The fraction of sp³-hybridized carbons (Fsp3) is 0.167. The second-order valence-electron chi connectivity index (χ2n) is 6.38. The van der Waals surface area contributed by atoms with E-state index in [0.29, 0.717) is 0 Å². The average Bonchev–Trinajstić information content (AvgIpc) is 2.58. The Labute approximate surface area is 145 Å². The van der Waals surface area contributed by atoms with E-state index < -0.39 is 0 Å². The third-order valence-electron chi connectivity index (χ3n) is 4.61. The van der Waals surface area contributed by atoms with Crippen molar-refractivity contribution in [2.75, 3.05) is 0 Å².